The summed E-state index contributed by atoms with van der Waals surface area (Å²) in [5.41, 5.74) is 5.52. The number of hydrogen-bond donors (Lipinski definition) is 1. The highest BCUT2D eigenvalue weighted by Crippen LogP contribution is 2.43. The fraction of sp³-hybridized carbons (Fsp3) is 0.370. The number of imide groups is 2. The molecule has 0 spiro atoms. The van der Waals surface area contributed by atoms with Crippen molar-refractivity contribution in [1.29, 1.82) is 0 Å². The molecule has 6 nitrogen and oxygen atoms in total. The van der Waals surface area contributed by atoms with E-state index in [1.807, 2.05) is 26.0 Å². The predicted molar refractivity (Wildman–Crippen MR) is 132 cm³/mol. The van der Waals surface area contributed by atoms with E-state index >= 15 is 0 Å². The summed E-state index contributed by atoms with van der Waals surface area (Å²) in [6, 6.07) is 10.7. The second kappa shape index (κ2) is 8.18. The van der Waals surface area contributed by atoms with Gasteiger partial charge >= 0.3 is 6.03 Å². The number of amides is 4. The van der Waals surface area contributed by atoms with Gasteiger partial charge in [-0.15, -0.1) is 0 Å². The molecule has 4 rings (SSSR count). The van der Waals surface area contributed by atoms with E-state index < -0.39 is 17.8 Å². The zero-order valence-corrected chi connectivity index (χ0v) is 20.2. The first kappa shape index (κ1) is 22.8. The van der Waals surface area contributed by atoms with Crippen LogP contribution in [0.2, 0.25) is 0 Å². The molecule has 0 aliphatic carbocycles. The maximum absolute atomic E-state index is 13.4. The molecule has 1 saturated heterocycles. The zero-order chi connectivity index (χ0) is 24.1. The van der Waals surface area contributed by atoms with Crippen LogP contribution in [0.1, 0.15) is 62.3 Å². The molecular weight excluding hydrogens is 414 g/mol. The van der Waals surface area contributed by atoms with Crippen molar-refractivity contribution >= 4 is 35.3 Å². The van der Waals surface area contributed by atoms with Gasteiger partial charge in [-0.25, -0.2) is 9.69 Å². The van der Waals surface area contributed by atoms with Crippen LogP contribution in [0.15, 0.2) is 42.0 Å². The lowest BCUT2D eigenvalue weighted by Gasteiger charge is -2.45. The number of fused-ring (bicyclic) bond motifs is 1. The summed E-state index contributed by atoms with van der Waals surface area (Å²) < 4.78 is 0. The molecule has 1 fully saturated rings. The van der Waals surface area contributed by atoms with Crippen molar-refractivity contribution in [2.24, 2.45) is 0 Å². The standard InChI is InChI=1S/C27H31N3O3/c1-7-18-10-8-9-11-22(18)30-25(32)21(24(31)28-26(30)33)14-19-13-20-17(3)15-27(4,5)29(6)23(20)12-16(19)2/h8-14,17H,7,15H2,1-6H3,(H,28,31,33)/b21-14+/t17-/m1/s1. The Hall–Kier alpha value is -3.41. The molecular formula is C27H31N3O3. The maximum atomic E-state index is 13.4. The molecule has 2 aromatic rings. The fourth-order valence-electron chi connectivity index (χ4n) is 4.95. The fourth-order valence-corrected chi connectivity index (χ4v) is 4.95. The molecule has 2 aliphatic heterocycles. The largest absolute Gasteiger partial charge is 0.369 e. The Balaban J connectivity index is 1.79. The van der Waals surface area contributed by atoms with Gasteiger partial charge in [0.2, 0.25) is 0 Å². The van der Waals surface area contributed by atoms with Gasteiger partial charge in [-0.3, -0.25) is 14.9 Å². The summed E-state index contributed by atoms with van der Waals surface area (Å²) in [6.07, 6.45) is 3.28. The normalized spacial score (nSPS) is 21.3. The molecule has 1 N–H and O–H groups in total. The van der Waals surface area contributed by atoms with Crippen molar-refractivity contribution in [3.05, 3.63) is 64.2 Å². The van der Waals surface area contributed by atoms with E-state index in [1.165, 1.54) is 11.3 Å². The van der Waals surface area contributed by atoms with Crippen molar-refractivity contribution in [3.63, 3.8) is 0 Å². The number of nitrogens with one attached hydrogen (secondary N) is 1. The van der Waals surface area contributed by atoms with Gasteiger partial charge in [-0.1, -0.05) is 32.0 Å². The minimum absolute atomic E-state index is 0.0410. The van der Waals surface area contributed by atoms with Gasteiger partial charge in [0, 0.05) is 18.3 Å². The van der Waals surface area contributed by atoms with Crippen LogP contribution in [0.3, 0.4) is 0 Å². The Morgan fingerprint density at radius 3 is 2.52 bits per heavy atom. The van der Waals surface area contributed by atoms with Gasteiger partial charge in [0.05, 0.1) is 5.69 Å². The molecule has 1 atom stereocenters. The number of para-hydroxylation sites is 1. The van der Waals surface area contributed by atoms with E-state index in [4.69, 9.17) is 0 Å². The smallest absolute Gasteiger partial charge is 0.335 e. The van der Waals surface area contributed by atoms with Gasteiger partial charge in [0.25, 0.3) is 11.8 Å². The monoisotopic (exact) mass is 445 g/mol. The van der Waals surface area contributed by atoms with E-state index in [-0.39, 0.29) is 11.1 Å². The Morgan fingerprint density at radius 1 is 1.12 bits per heavy atom. The number of urea groups is 1. The van der Waals surface area contributed by atoms with Crippen LogP contribution in [0.25, 0.3) is 6.08 Å². The number of rotatable bonds is 3. The lowest BCUT2D eigenvalue weighted by molar-refractivity contribution is -0.122. The number of aryl methyl sites for hydroxylation is 2. The highest BCUT2D eigenvalue weighted by Gasteiger charge is 2.38. The average Bonchev–Trinajstić information content (AvgIpc) is 2.75. The highest BCUT2D eigenvalue weighted by molar-refractivity contribution is 6.39. The second-order valence-corrected chi connectivity index (χ2v) is 9.68. The third-order valence-corrected chi connectivity index (χ3v) is 7.04. The van der Waals surface area contributed by atoms with Crippen LogP contribution in [-0.4, -0.2) is 30.4 Å². The van der Waals surface area contributed by atoms with Crippen LogP contribution in [0.5, 0.6) is 0 Å². The number of hydrogen-bond acceptors (Lipinski definition) is 4. The molecule has 172 valence electrons. The molecule has 0 radical (unpaired) electrons. The SMILES string of the molecule is CCc1ccccc1N1C(=O)NC(=O)/C(=C\c2cc3c(cc2C)N(C)C(C)(C)C[C@H]3C)C1=O. The Kier molecular flexibility index (Phi) is 5.64. The molecule has 33 heavy (non-hydrogen) atoms. The van der Waals surface area contributed by atoms with Gasteiger partial charge in [-0.05, 0) is 86.1 Å². The number of benzene rings is 2. The highest BCUT2D eigenvalue weighted by atomic mass is 16.2. The zero-order valence-electron chi connectivity index (χ0n) is 20.2. The summed E-state index contributed by atoms with van der Waals surface area (Å²) in [6.45, 7) is 10.6. The number of carbonyl (C=O) groups is 3. The lowest BCUT2D eigenvalue weighted by Crippen LogP contribution is -2.54. The van der Waals surface area contributed by atoms with E-state index in [0.29, 0.717) is 18.0 Å². The summed E-state index contributed by atoms with van der Waals surface area (Å²) in [5, 5.41) is 2.34. The minimum Gasteiger partial charge on any atom is -0.369 e. The van der Waals surface area contributed by atoms with Crippen molar-refractivity contribution in [3.8, 4) is 0 Å². The molecule has 2 aromatic carbocycles. The number of carbonyl (C=O) groups excluding carboxylic acids is 3. The minimum atomic E-state index is -0.720. The van der Waals surface area contributed by atoms with Crippen LogP contribution in [-0.2, 0) is 16.0 Å². The Morgan fingerprint density at radius 2 is 1.82 bits per heavy atom. The molecule has 0 aromatic heterocycles. The van der Waals surface area contributed by atoms with E-state index in [1.54, 1.807) is 18.2 Å². The third kappa shape index (κ3) is 3.84. The molecule has 0 unspecified atom stereocenters. The van der Waals surface area contributed by atoms with Crippen LogP contribution >= 0.6 is 0 Å². The van der Waals surface area contributed by atoms with Gasteiger partial charge in [0.1, 0.15) is 5.57 Å². The molecule has 4 amide bonds. The van der Waals surface area contributed by atoms with Crippen molar-refractivity contribution in [2.75, 3.05) is 16.8 Å². The van der Waals surface area contributed by atoms with Crippen molar-refractivity contribution in [2.45, 2.75) is 58.9 Å². The first-order valence-corrected chi connectivity index (χ1v) is 11.4. The number of anilines is 2. The van der Waals surface area contributed by atoms with Crippen molar-refractivity contribution < 1.29 is 14.4 Å². The summed E-state index contributed by atoms with van der Waals surface area (Å²) >= 11 is 0. The van der Waals surface area contributed by atoms with Crippen LogP contribution in [0, 0.1) is 6.92 Å². The number of barbiturate groups is 1. The van der Waals surface area contributed by atoms with Crippen LogP contribution < -0.4 is 15.1 Å². The maximum Gasteiger partial charge on any atom is 0.335 e. The van der Waals surface area contributed by atoms with E-state index in [2.05, 4.69) is 50.2 Å². The third-order valence-electron chi connectivity index (χ3n) is 7.04. The molecule has 2 aliphatic rings. The molecule has 0 bridgehead atoms. The van der Waals surface area contributed by atoms with Crippen LogP contribution in [0.4, 0.5) is 16.2 Å². The quantitative estimate of drug-likeness (QED) is 0.536. The first-order chi connectivity index (χ1) is 15.5. The Labute approximate surface area is 195 Å². The average molecular weight is 446 g/mol. The molecule has 2 heterocycles. The van der Waals surface area contributed by atoms with Crippen molar-refractivity contribution in [1.82, 2.24) is 5.32 Å². The molecule has 6 heteroatoms. The summed E-state index contributed by atoms with van der Waals surface area (Å²) in [7, 11) is 2.11. The van der Waals surface area contributed by atoms with Gasteiger partial charge in [-0.2, -0.15) is 0 Å². The number of nitrogens with zero attached hydrogens (tertiary/aromatic N) is 2. The molecule has 0 saturated carbocycles. The Bertz CT molecular complexity index is 1200. The lowest BCUT2D eigenvalue weighted by atomic mass is 9.79. The first-order valence-electron chi connectivity index (χ1n) is 11.4. The predicted octanol–water partition coefficient (Wildman–Crippen LogP) is 4.95. The summed E-state index contributed by atoms with van der Waals surface area (Å²) in [4.78, 5) is 42.1. The van der Waals surface area contributed by atoms with Gasteiger partial charge < -0.3 is 4.90 Å². The summed E-state index contributed by atoms with van der Waals surface area (Å²) in [5.74, 6) is -0.930. The topological polar surface area (TPSA) is 69.7 Å². The van der Waals surface area contributed by atoms with E-state index in [0.717, 1.165) is 28.0 Å². The van der Waals surface area contributed by atoms with Gasteiger partial charge in [0.15, 0.2) is 0 Å². The van der Waals surface area contributed by atoms with E-state index in [9.17, 15) is 14.4 Å². The second-order valence-electron chi connectivity index (χ2n) is 9.68.